The van der Waals surface area contributed by atoms with Gasteiger partial charge in [0.2, 0.25) is 0 Å². The fourth-order valence-corrected chi connectivity index (χ4v) is 0.406. The van der Waals surface area contributed by atoms with E-state index in [2.05, 4.69) is 27.7 Å². The van der Waals surface area contributed by atoms with E-state index in [4.69, 9.17) is 5.64 Å². The molecule has 7 heavy (non-hydrogen) atoms. The van der Waals surface area contributed by atoms with Gasteiger partial charge in [-0.1, -0.05) is 15.9 Å². The molecule has 0 unspecified atom stereocenters. The Labute approximate surface area is 53.1 Å². The highest BCUT2D eigenvalue weighted by Gasteiger charge is 1.68. The Morgan fingerprint density at radius 1 is 1.71 bits per heavy atom. The molecule has 3 heteroatoms. The Balaban J connectivity index is 2.91. The Morgan fingerprint density at radius 3 is 2.86 bits per heavy atom. The van der Waals surface area contributed by atoms with E-state index in [1.165, 1.54) is 0 Å². The molecule has 1 nitrogen and oxygen atoms in total. The van der Waals surface area contributed by atoms with Crippen LogP contribution in [0.2, 0.25) is 0 Å². The zero-order chi connectivity index (χ0) is 5.54. The van der Waals surface area contributed by atoms with Crippen molar-refractivity contribution in [2.45, 2.75) is 6.42 Å². The van der Waals surface area contributed by atoms with Crippen LogP contribution in [0.25, 0.3) is 0 Å². The molecule has 0 aromatic rings. The molecular weight excluding hydrogens is 153 g/mol. The highest BCUT2D eigenvalue weighted by Crippen LogP contribution is 1.81. The standard InChI is InChI=1S/C4H7BBrN/c6-4-2-1-3-5-7/h5H,2,4,7H2. The monoisotopic (exact) mass is 159 g/mol. The molecule has 0 bridgehead atoms. The minimum Gasteiger partial charge on any atom is -0.362 e. The van der Waals surface area contributed by atoms with E-state index in [9.17, 15) is 0 Å². The lowest BCUT2D eigenvalue weighted by Gasteiger charge is -1.72. The van der Waals surface area contributed by atoms with Crippen molar-refractivity contribution in [1.29, 1.82) is 0 Å². The van der Waals surface area contributed by atoms with Crippen LogP contribution in [0.3, 0.4) is 0 Å². The van der Waals surface area contributed by atoms with Crippen molar-refractivity contribution in [2.75, 3.05) is 5.33 Å². The van der Waals surface area contributed by atoms with Gasteiger partial charge in [-0.15, -0.1) is 11.7 Å². The number of nitrogens with two attached hydrogens (primary N) is 1. The van der Waals surface area contributed by atoms with E-state index in [1.807, 2.05) is 0 Å². The second-order valence-corrected chi connectivity index (χ2v) is 1.79. The minimum absolute atomic E-state index is 0.479. The molecule has 0 aromatic heterocycles. The van der Waals surface area contributed by atoms with Crippen molar-refractivity contribution in [3.63, 3.8) is 0 Å². The minimum atomic E-state index is 0.479. The normalized spacial score (nSPS) is 6.57. The zero-order valence-corrected chi connectivity index (χ0v) is 5.66. The first-order valence-corrected chi connectivity index (χ1v) is 3.25. The summed E-state index contributed by atoms with van der Waals surface area (Å²) in [6, 6.07) is 0. The van der Waals surface area contributed by atoms with Crippen molar-refractivity contribution in [3.05, 3.63) is 0 Å². The zero-order valence-electron chi connectivity index (χ0n) is 4.08. The van der Waals surface area contributed by atoms with Crippen molar-refractivity contribution in [3.8, 4) is 11.7 Å². The maximum Gasteiger partial charge on any atom is 0.288 e. The number of hydrogen-bond acceptors (Lipinski definition) is 1. The maximum absolute atomic E-state index is 5.08. The summed E-state index contributed by atoms with van der Waals surface area (Å²) in [4.78, 5) is 0. The second-order valence-electron chi connectivity index (χ2n) is 0.997. The third-order valence-electron chi connectivity index (χ3n) is 0.447. The van der Waals surface area contributed by atoms with Crippen molar-refractivity contribution in [2.24, 2.45) is 5.64 Å². The average molecular weight is 160 g/mol. The molecule has 0 aliphatic heterocycles. The van der Waals surface area contributed by atoms with Gasteiger partial charge in [-0.2, -0.15) is 0 Å². The van der Waals surface area contributed by atoms with Crippen molar-refractivity contribution < 1.29 is 0 Å². The van der Waals surface area contributed by atoms with Crippen LogP contribution in [0, 0.1) is 11.7 Å². The molecule has 38 valence electrons. The van der Waals surface area contributed by atoms with Crippen molar-refractivity contribution in [1.82, 2.24) is 0 Å². The molecule has 0 saturated heterocycles. The van der Waals surface area contributed by atoms with Gasteiger partial charge >= 0.3 is 0 Å². The Bertz CT molecular complexity index is 83.4. The first kappa shape index (κ1) is 7.06. The van der Waals surface area contributed by atoms with Crippen LogP contribution in [0.4, 0.5) is 0 Å². The summed E-state index contributed by atoms with van der Waals surface area (Å²) in [7, 11) is 0.479. The van der Waals surface area contributed by atoms with E-state index >= 15 is 0 Å². The third kappa shape index (κ3) is 6.06. The van der Waals surface area contributed by atoms with E-state index < -0.39 is 0 Å². The smallest absolute Gasteiger partial charge is 0.288 e. The van der Waals surface area contributed by atoms with Crippen LogP contribution in [0.5, 0.6) is 0 Å². The molecule has 0 rings (SSSR count). The van der Waals surface area contributed by atoms with E-state index in [1.54, 1.807) is 0 Å². The van der Waals surface area contributed by atoms with Crippen LogP contribution in [0.15, 0.2) is 0 Å². The topological polar surface area (TPSA) is 26.0 Å². The Morgan fingerprint density at radius 2 is 2.43 bits per heavy atom. The lowest BCUT2D eigenvalue weighted by atomic mass is 10.00. The molecule has 0 aliphatic carbocycles. The summed E-state index contributed by atoms with van der Waals surface area (Å²) >= 11 is 3.24. The first-order valence-electron chi connectivity index (χ1n) is 2.13. The fraction of sp³-hybridized carbons (Fsp3) is 0.500. The summed E-state index contributed by atoms with van der Waals surface area (Å²) in [5.74, 6) is 5.61. The van der Waals surface area contributed by atoms with Gasteiger partial charge in [0.25, 0.3) is 7.41 Å². The van der Waals surface area contributed by atoms with Gasteiger partial charge in [0.15, 0.2) is 0 Å². The summed E-state index contributed by atoms with van der Waals surface area (Å²) < 4.78 is 0. The molecule has 0 aliphatic rings. The van der Waals surface area contributed by atoms with E-state index in [0.29, 0.717) is 7.41 Å². The molecule has 0 amide bonds. The van der Waals surface area contributed by atoms with E-state index in [-0.39, 0.29) is 0 Å². The lowest BCUT2D eigenvalue weighted by Crippen LogP contribution is -1.99. The average Bonchev–Trinajstić information content (AvgIpc) is 1.69. The quantitative estimate of drug-likeness (QED) is 0.327. The fourth-order valence-electron chi connectivity index (χ4n) is 0.208. The summed E-state index contributed by atoms with van der Waals surface area (Å²) in [5.41, 5.74) is 5.08. The van der Waals surface area contributed by atoms with Crippen LogP contribution in [-0.4, -0.2) is 12.7 Å². The van der Waals surface area contributed by atoms with Gasteiger partial charge in [-0.25, -0.2) is 0 Å². The summed E-state index contributed by atoms with van der Waals surface area (Å²) in [5, 5.41) is 0.944. The molecule has 0 spiro atoms. The summed E-state index contributed by atoms with van der Waals surface area (Å²) in [6.45, 7) is 0. The van der Waals surface area contributed by atoms with Crippen LogP contribution >= 0.6 is 15.9 Å². The van der Waals surface area contributed by atoms with Gasteiger partial charge < -0.3 is 5.64 Å². The van der Waals surface area contributed by atoms with E-state index in [0.717, 1.165) is 11.8 Å². The predicted molar refractivity (Wildman–Crippen MR) is 37.5 cm³/mol. The molecule has 2 N–H and O–H groups in total. The molecule has 0 fully saturated rings. The van der Waals surface area contributed by atoms with Gasteiger partial charge in [0, 0.05) is 11.8 Å². The number of hydrogen-bond donors (Lipinski definition) is 1. The van der Waals surface area contributed by atoms with Crippen LogP contribution < -0.4 is 5.64 Å². The molecule has 0 radical (unpaired) electrons. The molecule has 0 atom stereocenters. The number of rotatable bonds is 1. The number of alkyl halides is 1. The van der Waals surface area contributed by atoms with Crippen LogP contribution in [-0.2, 0) is 0 Å². The first-order chi connectivity index (χ1) is 3.41. The van der Waals surface area contributed by atoms with Crippen LogP contribution in [0.1, 0.15) is 6.42 Å². The van der Waals surface area contributed by atoms with Gasteiger partial charge in [0.05, 0.1) is 0 Å². The van der Waals surface area contributed by atoms with Gasteiger partial charge in [-0.3, -0.25) is 0 Å². The third-order valence-corrected chi connectivity index (χ3v) is 0.843. The second kappa shape index (κ2) is 6.06. The highest BCUT2D eigenvalue weighted by molar-refractivity contribution is 9.09. The van der Waals surface area contributed by atoms with Gasteiger partial charge in [0.1, 0.15) is 0 Å². The Hall–Kier alpha value is 0.0649. The highest BCUT2D eigenvalue weighted by atomic mass is 79.9. The molecular formula is C4H7BBrN. The SMILES string of the molecule is NBC#CCCBr. The van der Waals surface area contributed by atoms with Gasteiger partial charge in [-0.05, 0) is 0 Å². The van der Waals surface area contributed by atoms with Crippen molar-refractivity contribution >= 4 is 23.3 Å². The number of halogens is 1. The largest absolute Gasteiger partial charge is 0.362 e. The maximum atomic E-state index is 5.08. The Kier molecular flexibility index (Phi) is 6.12. The lowest BCUT2D eigenvalue weighted by molar-refractivity contribution is 1.32. The molecule has 0 saturated carbocycles. The summed E-state index contributed by atoms with van der Waals surface area (Å²) in [6.07, 6.45) is 0.900. The molecule has 0 heterocycles. The predicted octanol–water partition coefficient (Wildman–Crippen LogP) is 0.0425. The molecule has 0 aromatic carbocycles.